The molecule has 0 amide bonds. The molecule has 2 nitrogen and oxygen atoms in total. The summed E-state index contributed by atoms with van der Waals surface area (Å²) in [4.78, 5) is 3.86. The number of nitrogens with zero attached hydrogens (tertiary/aromatic N) is 1. The molecule has 2 rings (SSSR count). The second kappa shape index (κ2) is 6.83. The lowest BCUT2D eigenvalue weighted by Crippen LogP contribution is -2.27. The number of rotatable bonds is 4. The fraction of sp³-hybridized carbons (Fsp3) is 0.667. The molecule has 3 heteroatoms. The molecule has 0 spiro atoms. The number of aromatic nitrogens is 1. The van der Waals surface area contributed by atoms with Gasteiger partial charge in [-0.25, -0.2) is 4.39 Å². The molecule has 1 aliphatic carbocycles. The zero-order valence-electron chi connectivity index (χ0n) is 11.2. The Morgan fingerprint density at radius 1 is 1.33 bits per heavy atom. The molecule has 1 heterocycles. The van der Waals surface area contributed by atoms with Crippen LogP contribution in [0.4, 0.5) is 4.39 Å². The summed E-state index contributed by atoms with van der Waals surface area (Å²) in [7, 11) is 0. The van der Waals surface area contributed by atoms with E-state index in [1.165, 1.54) is 31.9 Å². The van der Waals surface area contributed by atoms with E-state index in [1.807, 2.05) is 6.07 Å². The third-order valence-electron chi connectivity index (χ3n) is 4.02. The zero-order chi connectivity index (χ0) is 12.8. The van der Waals surface area contributed by atoms with Gasteiger partial charge < -0.3 is 5.32 Å². The van der Waals surface area contributed by atoms with Gasteiger partial charge in [-0.05, 0) is 49.4 Å². The lowest BCUT2D eigenvalue weighted by Gasteiger charge is -2.26. The minimum absolute atomic E-state index is 0.133. The lowest BCUT2D eigenvalue weighted by molar-refractivity contribution is 0.369. The van der Waals surface area contributed by atoms with Crippen molar-refractivity contribution in [1.82, 2.24) is 10.3 Å². The second-order valence-electron chi connectivity index (χ2n) is 5.21. The molecule has 1 aromatic rings. The van der Waals surface area contributed by atoms with Gasteiger partial charge in [0, 0.05) is 6.20 Å². The van der Waals surface area contributed by atoms with Gasteiger partial charge >= 0.3 is 0 Å². The maximum absolute atomic E-state index is 13.9. The van der Waals surface area contributed by atoms with Crippen LogP contribution in [0, 0.1) is 11.7 Å². The van der Waals surface area contributed by atoms with Gasteiger partial charge in [-0.3, -0.25) is 4.98 Å². The van der Waals surface area contributed by atoms with Crippen LogP contribution in [-0.4, -0.2) is 18.1 Å². The Bertz CT molecular complexity index is 367. The van der Waals surface area contributed by atoms with Crippen molar-refractivity contribution in [2.24, 2.45) is 5.92 Å². The van der Waals surface area contributed by atoms with E-state index in [9.17, 15) is 4.39 Å². The SMILES string of the molecule is CCNCC1CCCCCC1c1ccncc1F. The van der Waals surface area contributed by atoms with Crippen LogP contribution in [0.2, 0.25) is 0 Å². The van der Waals surface area contributed by atoms with Crippen LogP contribution in [0.5, 0.6) is 0 Å². The topological polar surface area (TPSA) is 24.9 Å². The standard InChI is InChI=1S/C15H23FN2/c1-2-17-10-12-6-4-3-5-7-13(12)14-8-9-18-11-15(14)16/h8-9,11-13,17H,2-7,10H2,1H3. The van der Waals surface area contributed by atoms with Crippen molar-refractivity contribution in [1.29, 1.82) is 0 Å². The lowest BCUT2D eigenvalue weighted by atomic mass is 9.82. The van der Waals surface area contributed by atoms with Crippen molar-refractivity contribution in [3.05, 3.63) is 29.8 Å². The van der Waals surface area contributed by atoms with Crippen LogP contribution >= 0.6 is 0 Å². The molecule has 1 aromatic heterocycles. The minimum atomic E-state index is -0.133. The number of halogens is 1. The Labute approximate surface area is 109 Å². The largest absolute Gasteiger partial charge is 0.317 e. The van der Waals surface area contributed by atoms with E-state index in [2.05, 4.69) is 17.2 Å². The van der Waals surface area contributed by atoms with Gasteiger partial charge in [0.25, 0.3) is 0 Å². The van der Waals surface area contributed by atoms with Gasteiger partial charge in [-0.2, -0.15) is 0 Å². The number of hydrogen-bond donors (Lipinski definition) is 1. The number of pyridine rings is 1. The quantitative estimate of drug-likeness (QED) is 0.827. The molecule has 0 aliphatic heterocycles. The van der Waals surface area contributed by atoms with Gasteiger partial charge in [0.2, 0.25) is 0 Å². The maximum atomic E-state index is 13.9. The summed E-state index contributed by atoms with van der Waals surface area (Å²) in [6.07, 6.45) is 9.16. The molecular formula is C15H23FN2. The first-order valence-corrected chi connectivity index (χ1v) is 7.13. The van der Waals surface area contributed by atoms with E-state index in [0.717, 1.165) is 25.1 Å². The fourth-order valence-corrected chi connectivity index (χ4v) is 3.05. The highest BCUT2D eigenvalue weighted by Crippen LogP contribution is 2.37. The van der Waals surface area contributed by atoms with E-state index in [4.69, 9.17) is 0 Å². The molecule has 1 saturated carbocycles. The number of hydrogen-bond acceptors (Lipinski definition) is 2. The molecule has 0 saturated heterocycles. The molecule has 2 atom stereocenters. The van der Waals surface area contributed by atoms with Crippen molar-refractivity contribution in [2.45, 2.75) is 44.9 Å². The van der Waals surface area contributed by atoms with Crippen molar-refractivity contribution >= 4 is 0 Å². The summed E-state index contributed by atoms with van der Waals surface area (Å²) in [5.74, 6) is 0.782. The zero-order valence-corrected chi connectivity index (χ0v) is 11.2. The van der Waals surface area contributed by atoms with Crippen molar-refractivity contribution < 1.29 is 4.39 Å². The van der Waals surface area contributed by atoms with Gasteiger partial charge in [0.05, 0.1) is 6.20 Å². The second-order valence-corrected chi connectivity index (χ2v) is 5.21. The Balaban J connectivity index is 2.17. The van der Waals surface area contributed by atoms with Crippen LogP contribution in [0.15, 0.2) is 18.5 Å². The highest BCUT2D eigenvalue weighted by Gasteiger charge is 2.26. The van der Waals surface area contributed by atoms with Gasteiger partial charge in [0.15, 0.2) is 0 Å². The van der Waals surface area contributed by atoms with Gasteiger partial charge in [0.1, 0.15) is 5.82 Å². The normalized spacial score (nSPS) is 24.8. The van der Waals surface area contributed by atoms with Crippen LogP contribution < -0.4 is 5.32 Å². The number of nitrogens with one attached hydrogen (secondary N) is 1. The average molecular weight is 250 g/mol. The van der Waals surface area contributed by atoms with Gasteiger partial charge in [-0.1, -0.05) is 26.2 Å². The Morgan fingerprint density at radius 2 is 2.17 bits per heavy atom. The third-order valence-corrected chi connectivity index (χ3v) is 4.02. The van der Waals surface area contributed by atoms with E-state index in [1.54, 1.807) is 6.20 Å². The first-order chi connectivity index (χ1) is 8.83. The Morgan fingerprint density at radius 3 is 2.94 bits per heavy atom. The molecule has 0 bridgehead atoms. The molecular weight excluding hydrogens is 227 g/mol. The molecule has 2 unspecified atom stereocenters. The van der Waals surface area contributed by atoms with Crippen molar-refractivity contribution in [2.75, 3.05) is 13.1 Å². The molecule has 18 heavy (non-hydrogen) atoms. The summed E-state index contributed by atoms with van der Waals surface area (Å²) in [5.41, 5.74) is 0.870. The molecule has 0 aromatic carbocycles. The first kappa shape index (κ1) is 13.5. The molecule has 1 aliphatic rings. The molecule has 0 radical (unpaired) electrons. The predicted octanol–water partition coefficient (Wildman–Crippen LogP) is 3.49. The summed E-state index contributed by atoms with van der Waals surface area (Å²) >= 11 is 0. The highest BCUT2D eigenvalue weighted by molar-refractivity contribution is 5.19. The van der Waals surface area contributed by atoms with E-state index in [-0.39, 0.29) is 5.82 Å². The van der Waals surface area contributed by atoms with Crippen molar-refractivity contribution in [3.8, 4) is 0 Å². The third kappa shape index (κ3) is 3.29. The van der Waals surface area contributed by atoms with Crippen molar-refractivity contribution in [3.63, 3.8) is 0 Å². The highest BCUT2D eigenvalue weighted by atomic mass is 19.1. The van der Waals surface area contributed by atoms with Gasteiger partial charge in [-0.15, -0.1) is 0 Å². The molecule has 1 N–H and O–H groups in total. The predicted molar refractivity (Wildman–Crippen MR) is 72.1 cm³/mol. The van der Waals surface area contributed by atoms with E-state index in [0.29, 0.717) is 11.8 Å². The minimum Gasteiger partial charge on any atom is -0.317 e. The molecule has 100 valence electrons. The first-order valence-electron chi connectivity index (χ1n) is 7.13. The summed E-state index contributed by atoms with van der Waals surface area (Å²) in [5, 5.41) is 3.43. The monoisotopic (exact) mass is 250 g/mol. The van der Waals surface area contributed by atoms with Crippen LogP contribution in [0.25, 0.3) is 0 Å². The van der Waals surface area contributed by atoms with Crippen LogP contribution in [0.3, 0.4) is 0 Å². The summed E-state index contributed by atoms with van der Waals surface area (Å²) in [6.45, 7) is 4.11. The molecule has 1 fully saturated rings. The summed E-state index contributed by atoms with van der Waals surface area (Å²) in [6, 6.07) is 1.87. The maximum Gasteiger partial charge on any atom is 0.144 e. The average Bonchev–Trinajstić information content (AvgIpc) is 2.62. The van der Waals surface area contributed by atoms with Crippen LogP contribution in [-0.2, 0) is 0 Å². The summed E-state index contributed by atoms with van der Waals surface area (Å²) < 4.78 is 13.9. The van der Waals surface area contributed by atoms with E-state index >= 15 is 0 Å². The Hall–Kier alpha value is -0.960. The fourth-order valence-electron chi connectivity index (χ4n) is 3.05. The van der Waals surface area contributed by atoms with Crippen LogP contribution in [0.1, 0.15) is 50.5 Å². The van der Waals surface area contributed by atoms with E-state index < -0.39 is 0 Å². The smallest absolute Gasteiger partial charge is 0.144 e. The Kier molecular flexibility index (Phi) is 5.12.